The maximum atomic E-state index is 14.3. The minimum atomic E-state index is -0.801. The van der Waals surface area contributed by atoms with Crippen molar-refractivity contribution in [2.75, 3.05) is 5.32 Å². The maximum Gasteiger partial charge on any atom is 0.241 e. The number of carbonyl (C=O) groups excluding carboxylic acids is 1. The molecule has 0 aliphatic heterocycles. The van der Waals surface area contributed by atoms with E-state index in [2.05, 4.69) is 34.3 Å². The Morgan fingerprint density at radius 2 is 1.94 bits per heavy atom. The van der Waals surface area contributed by atoms with Crippen molar-refractivity contribution >= 4 is 23.4 Å². The molecule has 1 saturated carbocycles. The van der Waals surface area contributed by atoms with Gasteiger partial charge in [-0.2, -0.15) is 0 Å². The van der Waals surface area contributed by atoms with E-state index in [4.69, 9.17) is 0 Å². The van der Waals surface area contributed by atoms with Crippen LogP contribution in [0.1, 0.15) is 51.5 Å². The Morgan fingerprint density at radius 1 is 1.22 bits per heavy atom. The summed E-state index contributed by atoms with van der Waals surface area (Å²) < 4.78 is 28.6. The van der Waals surface area contributed by atoms with Crippen LogP contribution in [0.5, 0.6) is 0 Å². The number of anilines is 1. The van der Waals surface area contributed by atoms with Crippen molar-refractivity contribution in [1.29, 1.82) is 0 Å². The summed E-state index contributed by atoms with van der Waals surface area (Å²) in [5.74, 6) is -1.00. The SMILES string of the molecule is CCn1c(SC2(C(=O)Nc3ccc(C(C)C)cc3)CCC2)nnc1-c1ncc(F)cc1F. The fourth-order valence-corrected chi connectivity index (χ4v) is 5.04. The van der Waals surface area contributed by atoms with Crippen LogP contribution in [0.3, 0.4) is 0 Å². The number of hydrogen-bond acceptors (Lipinski definition) is 5. The van der Waals surface area contributed by atoms with Crippen LogP contribution in [-0.2, 0) is 11.3 Å². The number of nitrogens with one attached hydrogen (secondary N) is 1. The number of benzene rings is 1. The lowest BCUT2D eigenvalue weighted by atomic mass is 9.83. The van der Waals surface area contributed by atoms with Crippen LogP contribution in [0, 0.1) is 11.6 Å². The lowest BCUT2D eigenvalue weighted by molar-refractivity contribution is -0.120. The molecule has 0 saturated heterocycles. The number of pyridine rings is 1. The number of aromatic nitrogens is 4. The first-order chi connectivity index (χ1) is 15.3. The van der Waals surface area contributed by atoms with Gasteiger partial charge < -0.3 is 9.88 Å². The monoisotopic (exact) mass is 457 g/mol. The van der Waals surface area contributed by atoms with E-state index in [0.29, 0.717) is 30.5 Å². The Hall–Kier alpha value is -2.81. The van der Waals surface area contributed by atoms with E-state index in [0.717, 1.165) is 24.4 Å². The Kier molecular flexibility index (Phi) is 6.28. The van der Waals surface area contributed by atoms with Crippen molar-refractivity contribution in [3.8, 4) is 11.5 Å². The average Bonchev–Trinajstić information content (AvgIpc) is 3.13. The molecule has 1 fully saturated rings. The van der Waals surface area contributed by atoms with Crippen molar-refractivity contribution in [2.45, 2.75) is 62.4 Å². The fraction of sp³-hybridized carbons (Fsp3) is 0.391. The van der Waals surface area contributed by atoms with Crippen molar-refractivity contribution in [3.63, 3.8) is 0 Å². The molecule has 1 amide bonds. The van der Waals surface area contributed by atoms with Crippen LogP contribution in [0.2, 0.25) is 0 Å². The van der Waals surface area contributed by atoms with Gasteiger partial charge in [-0.1, -0.05) is 37.7 Å². The summed E-state index contributed by atoms with van der Waals surface area (Å²) in [5.41, 5.74) is 1.90. The normalized spacial score (nSPS) is 14.9. The largest absolute Gasteiger partial charge is 0.325 e. The van der Waals surface area contributed by atoms with E-state index in [-0.39, 0.29) is 17.4 Å². The van der Waals surface area contributed by atoms with Gasteiger partial charge in [0.2, 0.25) is 5.91 Å². The van der Waals surface area contributed by atoms with E-state index >= 15 is 0 Å². The lowest BCUT2D eigenvalue weighted by Gasteiger charge is -2.38. The van der Waals surface area contributed by atoms with Gasteiger partial charge in [0.1, 0.15) is 16.3 Å². The molecular weight excluding hydrogens is 432 g/mol. The van der Waals surface area contributed by atoms with Crippen LogP contribution < -0.4 is 5.32 Å². The smallest absolute Gasteiger partial charge is 0.241 e. The third kappa shape index (κ3) is 4.26. The minimum Gasteiger partial charge on any atom is -0.325 e. The first kappa shape index (κ1) is 22.4. The second kappa shape index (κ2) is 8.97. The second-order valence-corrected chi connectivity index (χ2v) is 9.57. The Labute approximate surface area is 189 Å². The van der Waals surface area contributed by atoms with E-state index in [1.807, 2.05) is 31.2 Å². The standard InChI is InChI=1S/C23H25F2N5OS/c1-4-30-20(19-18(25)12-16(24)13-26-19)28-29-22(30)32-23(10-5-11-23)21(31)27-17-8-6-15(7-9-17)14(2)3/h6-9,12-14H,4-5,10-11H2,1-3H3,(H,27,31). The average molecular weight is 458 g/mol. The fourth-order valence-electron chi connectivity index (χ4n) is 3.65. The summed E-state index contributed by atoms with van der Waals surface area (Å²) in [6.07, 6.45) is 3.31. The first-order valence-corrected chi connectivity index (χ1v) is 11.5. The van der Waals surface area contributed by atoms with Crippen molar-refractivity contribution in [1.82, 2.24) is 19.7 Å². The summed E-state index contributed by atoms with van der Waals surface area (Å²) in [7, 11) is 0. The van der Waals surface area contributed by atoms with Crippen molar-refractivity contribution in [3.05, 3.63) is 53.7 Å². The van der Waals surface area contributed by atoms with Gasteiger partial charge in [0.25, 0.3) is 0 Å². The minimum absolute atomic E-state index is 0.0649. The van der Waals surface area contributed by atoms with E-state index in [1.165, 1.54) is 17.3 Å². The highest BCUT2D eigenvalue weighted by atomic mass is 32.2. The quantitative estimate of drug-likeness (QED) is 0.513. The van der Waals surface area contributed by atoms with Crippen molar-refractivity contribution in [2.24, 2.45) is 0 Å². The second-order valence-electron chi connectivity index (χ2n) is 8.22. The maximum absolute atomic E-state index is 14.3. The Balaban J connectivity index is 1.56. The molecule has 0 atom stereocenters. The number of halogens is 2. The van der Waals surface area contributed by atoms with Crippen molar-refractivity contribution < 1.29 is 13.6 Å². The van der Waals surface area contributed by atoms with E-state index < -0.39 is 16.4 Å². The van der Waals surface area contributed by atoms with Gasteiger partial charge in [-0.15, -0.1) is 10.2 Å². The lowest BCUT2D eigenvalue weighted by Crippen LogP contribution is -2.46. The number of nitrogens with zero attached hydrogens (tertiary/aromatic N) is 4. The van der Waals surface area contributed by atoms with Crippen LogP contribution >= 0.6 is 11.8 Å². The van der Waals surface area contributed by atoms with Gasteiger partial charge in [0, 0.05) is 18.3 Å². The zero-order chi connectivity index (χ0) is 22.9. The summed E-state index contributed by atoms with van der Waals surface area (Å²) in [5, 5.41) is 11.8. The predicted molar refractivity (Wildman–Crippen MR) is 120 cm³/mol. The van der Waals surface area contributed by atoms with Crippen LogP contribution in [0.15, 0.2) is 41.7 Å². The molecule has 1 aliphatic rings. The molecule has 9 heteroatoms. The zero-order valence-corrected chi connectivity index (χ0v) is 19.0. The number of amides is 1. The molecule has 0 radical (unpaired) electrons. The van der Waals surface area contributed by atoms with E-state index in [1.54, 1.807) is 4.57 Å². The summed E-state index contributed by atoms with van der Waals surface area (Å²) in [4.78, 5) is 17.1. The van der Waals surface area contributed by atoms with E-state index in [9.17, 15) is 13.6 Å². The van der Waals surface area contributed by atoms with Gasteiger partial charge in [-0.05, 0) is 49.8 Å². The third-order valence-corrected chi connectivity index (χ3v) is 7.22. The molecule has 0 spiro atoms. The molecule has 0 bridgehead atoms. The molecular formula is C23H25F2N5OS. The van der Waals surface area contributed by atoms with Gasteiger partial charge >= 0.3 is 0 Å². The van der Waals surface area contributed by atoms with Crippen LogP contribution in [0.4, 0.5) is 14.5 Å². The molecule has 1 aromatic carbocycles. The van der Waals surface area contributed by atoms with Crippen LogP contribution in [-0.4, -0.2) is 30.4 Å². The molecule has 0 unspecified atom stereocenters. The van der Waals surface area contributed by atoms with Gasteiger partial charge in [0.15, 0.2) is 16.8 Å². The number of hydrogen-bond donors (Lipinski definition) is 1. The predicted octanol–water partition coefficient (Wildman–Crippen LogP) is 5.42. The van der Waals surface area contributed by atoms with Gasteiger partial charge in [0.05, 0.1) is 6.20 Å². The van der Waals surface area contributed by atoms with Gasteiger partial charge in [-0.25, -0.2) is 13.8 Å². The molecule has 3 aromatic rings. The highest BCUT2D eigenvalue weighted by Crippen LogP contribution is 2.48. The molecule has 32 heavy (non-hydrogen) atoms. The molecule has 6 nitrogen and oxygen atoms in total. The highest BCUT2D eigenvalue weighted by molar-refractivity contribution is 8.01. The number of carbonyl (C=O) groups is 1. The molecule has 168 valence electrons. The van der Waals surface area contributed by atoms with Crippen LogP contribution in [0.25, 0.3) is 11.5 Å². The highest BCUT2D eigenvalue weighted by Gasteiger charge is 2.46. The molecule has 2 heterocycles. The molecule has 4 rings (SSSR count). The summed E-state index contributed by atoms with van der Waals surface area (Å²) >= 11 is 1.34. The zero-order valence-electron chi connectivity index (χ0n) is 18.2. The summed E-state index contributed by atoms with van der Waals surface area (Å²) in [6.45, 7) is 6.58. The molecule has 2 aromatic heterocycles. The third-order valence-electron chi connectivity index (χ3n) is 5.75. The van der Waals surface area contributed by atoms with Gasteiger partial charge in [-0.3, -0.25) is 4.79 Å². The summed E-state index contributed by atoms with van der Waals surface area (Å²) in [6, 6.07) is 8.64. The Morgan fingerprint density at radius 3 is 2.50 bits per heavy atom. The number of rotatable bonds is 7. The first-order valence-electron chi connectivity index (χ1n) is 10.7. The number of thioether (sulfide) groups is 1. The molecule has 1 aliphatic carbocycles. The molecule has 1 N–H and O–H groups in total. The Bertz CT molecular complexity index is 1130. The topological polar surface area (TPSA) is 72.7 Å².